The van der Waals surface area contributed by atoms with Gasteiger partial charge in [0.1, 0.15) is 0 Å². The number of morpholine rings is 1. The molecule has 20 heavy (non-hydrogen) atoms. The van der Waals surface area contributed by atoms with Crippen molar-refractivity contribution in [2.75, 3.05) is 45.9 Å². The van der Waals surface area contributed by atoms with E-state index in [1.807, 2.05) is 4.90 Å². The molecule has 0 saturated carbocycles. The van der Waals surface area contributed by atoms with Gasteiger partial charge in [-0.2, -0.15) is 0 Å². The molecule has 0 aromatic carbocycles. The van der Waals surface area contributed by atoms with Crippen LogP contribution in [0.5, 0.6) is 0 Å². The molecule has 0 unspecified atom stereocenters. The number of nitrogens with zero attached hydrogens (tertiary/aromatic N) is 2. The number of hydrogen-bond donors (Lipinski definition) is 1. The van der Waals surface area contributed by atoms with Crippen molar-refractivity contribution in [1.82, 2.24) is 9.80 Å². The Bertz CT molecular complexity index is 348. The van der Waals surface area contributed by atoms with Crippen LogP contribution in [0.4, 0.5) is 0 Å². The first-order valence-corrected chi connectivity index (χ1v) is 7.62. The highest BCUT2D eigenvalue weighted by Gasteiger charge is 2.44. The molecule has 2 aliphatic rings. The maximum Gasteiger partial charge on any atom is 0.255 e. The van der Waals surface area contributed by atoms with Crippen LogP contribution in [0.3, 0.4) is 0 Å². The van der Waals surface area contributed by atoms with Crippen LogP contribution in [0.1, 0.15) is 33.6 Å². The fourth-order valence-corrected chi connectivity index (χ4v) is 3.06. The first-order valence-electron chi connectivity index (χ1n) is 7.62. The third kappa shape index (κ3) is 3.93. The predicted octanol–water partition coefficient (Wildman–Crippen LogP) is 0.718. The normalized spacial score (nSPS) is 29.8. The van der Waals surface area contributed by atoms with Crippen LogP contribution < -0.4 is 0 Å². The van der Waals surface area contributed by atoms with Gasteiger partial charge in [-0.15, -0.1) is 0 Å². The topological polar surface area (TPSA) is 53.0 Å². The summed E-state index contributed by atoms with van der Waals surface area (Å²) >= 11 is 0. The number of β-amino-alcohol motifs (C(OH)–C–C–N with tert-alkyl or cyclic N) is 1. The zero-order chi connectivity index (χ0) is 14.8. The molecule has 1 N–H and O–H groups in total. The first-order chi connectivity index (χ1) is 9.30. The fourth-order valence-electron chi connectivity index (χ4n) is 3.06. The van der Waals surface area contributed by atoms with Crippen LogP contribution in [0.25, 0.3) is 0 Å². The van der Waals surface area contributed by atoms with Gasteiger partial charge < -0.3 is 14.7 Å². The summed E-state index contributed by atoms with van der Waals surface area (Å²) in [7, 11) is 0. The monoisotopic (exact) mass is 284 g/mol. The van der Waals surface area contributed by atoms with E-state index in [9.17, 15) is 9.90 Å². The summed E-state index contributed by atoms with van der Waals surface area (Å²) in [5, 5.41) is 10.8. The Balaban J connectivity index is 2.00. The van der Waals surface area contributed by atoms with Gasteiger partial charge in [0.2, 0.25) is 0 Å². The summed E-state index contributed by atoms with van der Waals surface area (Å²) < 4.78 is 5.32. The lowest BCUT2D eigenvalue weighted by molar-refractivity contribution is -0.162. The van der Waals surface area contributed by atoms with Crippen LogP contribution in [-0.2, 0) is 9.53 Å². The molecule has 2 saturated heterocycles. The Morgan fingerprint density at radius 1 is 1.25 bits per heavy atom. The molecule has 2 heterocycles. The number of hydrogen-bond acceptors (Lipinski definition) is 4. The molecule has 0 aliphatic carbocycles. The smallest absolute Gasteiger partial charge is 0.255 e. The lowest BCUT2D eigenvalue weighted by Crippen LogP contribution is -2.60. The second-order valence-electron chi connectivity index (χ2n) is 7.31. The molecule has 0 aromatic rings. The van der Waals surface area contributed by atoms with E-state index in [2.05, 4.69) is 25.7 Å². The number of carbonyl (C=O) groups is 1. The van der Waals surface area contributed by atoms with Gasteiger partial charge in [0, 0.05) is 32.7 Å². The third-order valence-electron chi connectivity index (χ3n) is 3.96. The second kappa shape index (κ2) is 6.00. The molecule has 1 atom stereocenters. The van der Waals surface area contributed by atoms with E-state index in [-0.39, 0.29) is 11.3 Å². The maximum absolute atomic E-state index is 12.6. The Morgan fingerprint density at radius 2 is 1.90 bits per heavy atom. The average molecular weight is 284 g/mol. The highest BCUT2D eigenvalue weighted by Crippen LogP contribution is 2.27. The first kappa shape index (κ1) is 15.7. The minimum absolute atomic E-state index is 0.0624. The van der Waals surface area contributed by atoms with Crippen molar-refractivity contribution < 1.29 is 14.6 Å². The van der Waals surface area contributed by atoms with Gasteiger partial charge >= 0.3 is 0 Å². The zero-order valence-electron chi connectivity index (χ0n) is 13.0. The van der Waals surface area contributed by atoms with E-state index in [1.165, 1.54) is 0 Å². The minimum atomic E-state index is -1.21. The number of piperidine rings is 1. The number of amides is 1. The van der Waals surface area contributed by atoms with Gasteiger partial charge in [-0.25, -0.2) is 0 Å². The maximum atomic E-state index is 12.6. The molecule has 2 aliphatic heterocycles. The van der Waals surface area contributed by atoms with Crippen LogP contribution in [0, 0.1) is 5.41 Å². The van der Waals surface area contributed by atoms with E-state index in [0.717, 1.165) is 26.1 Å². The predicted molar refractivity (Wildman–Crippen MR) is 77.5 cm³/mol. The van der Waals surface area contributed by atoms with Gasteiger partial charge in [-0.3, -0.25) is 9.69 Å². The molecule has 0 spiro atoms. The van der Waals surface area contributed by atoms with E-state index >= 15 is 0 Å². The second-order valence-corrected chi connectivity index (χ2v) is 7.31. The summed E-state index contributed by atoms with van der Waals surface area (Å²) in [5.74, 6) is -0.0924. The van der Waals surface area contributed by atoms with Crippen molar-refractivity contribution in [3.8, 4) is 0 Å². The van der Waals surface area contributed by atoms with Gasteiger partial charge in [0.25, 0.3) is 5.91 Å². The summed E-state index contributed by atoms with van der Waals surface area (Å²) in [6.07, 6.45) is 1.45. The highest BCUT2D eigenvalue weighted by molar-refractivity contribution is 5.86. The van der Waals surface area contributed by atoms with Crippen molar-refractivity contribution in [3.05, 3.63) is 0 Å². The molecule has 0 aromatic heterocycles. The minimum Gasteiger partial charge on any atom is -0.379 e. The Hall–Kier alpha value is -0.650. The average Bonchev–Trinajstić information content (AvgIpc) is 2.35. The van der Waals surface area contributed by atoms with Crippen LogP contribution in [0.15, 0.2) is 0 Å². The Kier molecular flexibility index (Phi) is 4.72. The highest BCUT2D eigenvalue weighted by atomic mass is 16.5. The summed E-state index contributed by atoms with van der Waals surface area (Å²) in [5.41, 5.74) is -1.15. The molecule has 116 valence electrons. The molecule has 2 rings (SSSR count). The molecular weight excluding hydrogens is 256 g/mol. The Labute approximate surface area is 121 Å². The standard InChI is InChI=1S/C15H28N2O3/c1-14(2,3)11-17-6-4-5-15(19,13(17)18)12-16-7-9-20-10-8-16/h19H,4-12H2,1-3H3/t15-/m1/s1. The van der Waals surface area contributed by atoms with Crippen molar-refractivity contribution >= 4 is 5.91 Å². The molecular formula is C15H28N2O3. The largest absolute Gasteiger partial charge is 0.379 e. The molecule has 5 nitrogen and oxygen atoms in total. The van der Waals surface area contributed by atoms with E-state index < -0.39 is 5.60 Å². The fraction of sp³-hybridized carbons (Fsp3) is 0.933. The van der Waals surface area contributed by atoms with E-state index in [0.29, 0.717) is 32.7 Å². The number of rotatable bonds is 3. The summed E-state index contributed by atoms with van der Waals surface area (Å²) in [6, 6.07) is 0. The Morgan fingerprint density at radius 3 is 2.50 bits per heavy atom. The number of ether oxygens (including phenoxy) is 1. The lowest BCUT2D eigenvalue weighted by Gasteiger charge is -2.43. The molecule has 2 fully saturated rings. The molecule has 0 bridgehead atoms. The number of likely N-dealkylation sites (tertiary alicyclic amines) is 1. The molecule has 1 amide bonds. The van der Waals surface area contributed by atoms with Gasteiger partial charge in [0.15, 0.2) is 5.60 Å². The van der Waals surface area contributed by atoms with E-state index in [4.69, 9.17) is 4.74 Å². The molecule has 0 radical (unpaired) electrons. The van der Waals surface area contributed by atoms with Crippen LogP contribution >= 0.6 is 0 Å². The van der Waals surface area contributed by atoms with Gasteiger partial charge in [0.05, 0.1) is 13.2 Å². The van der Waals surface area contributed by atoms with Crippen LogP contribution in [0.2, 0.25) is 0 Å². The summed E-state index contributed by atoms with van der Waals surface area (Å²) in [4.78, 5) is 16.6. The van der Waals surface area contributed by atoms with Crippen molar-refractivity contribution in [1.29, 1.82) is 0 Å². The molecule has 5 heteroatoms. The zero-order valence-corrected chi connectivity index (χ0v) is 13.0. The summed E-state index contributed by atoms with van der Waals surface area (Å²) in [6.45, 7) is 11.3. The number of carbonyl (C=O) groups excluding carboxylic acids is 1. The van der Waals surface area contributed by atoms with Crippen LogP contribution in [-0.4, -0.2) is 72.4 Å². The van der Waals surface area contributed by atoms with Crippen molar-refractivity contribution in [2.45, 2.75) is 39.2 Å². The lowest BCUT2D eigenvalue weighted by atomic mass is 9.88. The quantitative estimate of drug-likeness (QED) is 0.829. The number of aliphatic hydroxyl groups is 1. The SMILES string of the molecule is CC(C)(C)CN1CCC[C@@](O)(CN2CCOCC2)C1=O. The van der Waals surface area contributed by atoms with Gasteiger partial charge in [-0.1, -0.05) is 20.8 Å². The third-order valence-corrected chi connectivity index (χ3v) is 3.96. The van der Waals surface area contributed by atoms with Crippen molar-refractivity contribution in [3.63, 3.8) is 0 Å². The van der Waals surface area contributed by atoms with E-state index in [1.54, 1.807) is 0 Å². The van der Waals surface area contributed by atoms with Crippen molar-refractivity contribution in [2.24, 2.45) is 5.41 Å². The van der Waals surface area contributed by atoms with Gasteiger partial charge in [-0.05, 0) is 18.3 Å².